The third-order valence-electron chi connectivity index (χ3n) is 7.11. The minimum Gasteiger partial charge on any atom is -0.276 e. The molecule has 1 aromatic carbocycles. The second-order valence-electron chi connectivity index (χ2n) is 8.83. The summed E-state index contributed by atoms with van der Waals surface area (Å²) in [4.78, 5) is 11.7. The summed E-state index contributed by atoms with van der Waals surface area (Å²) in [6, 6.07) is 7.95. The van der Waals surface area contributed by atoms with Crippen LogP contribution in [0.5, 0.6) is 0 Å². The molecular weight excluding hydrogens is 340 g/mol. The second-order valence-corrected chi connectivity index (χ2v) is 9.17. The Balaban J connectivity index is 1.41. The lowest BCUT2D eigenvalue weighted by Gasteiger charge is -2.32. The van der Waals surface area contributed by atoms with Crippen LogP contribution in [0.4, 0.5) is 0 Å². The molecule has 0 aliphatic heterocycles. The summed E-state index contributed by atoms with van der Waals surface area (Å²) < 4.78 is 0. The fourth-order valence-corrected chi connectivity index (χ4v) is 5.65. The molecular formula is C24H35ClO. The van der Waals surface area contributed by atoms with E-state index in [0.29, 0.717) is 5.92 Å². The van der Waals surface area contributed by atoms with Crippen LogP contribution in [-0.4, -0.2) is 5.24 Å². The predicted octanol–water partition coefficient (Wildman–Crippen LogP) is 7.73. The highest BCUT2D eigenvalue weighted by molar-refractivity contribution is 6.67. The first kappa shape index (κ1) is 19.9. The molecule has 0 aromatic heterocycles. The SMILES string of the molecule is CCC[C@H]1CC[C@H](CCC2CCC(c3ccccc3C(=O)Cl)CC2)CC1. The van der Waals surface area contributed by atoms with Crippen molar-refractivity contribution >= 4 is 16.8 Å². The van der Waals surface area contributed by atoms with Gasteiger partial charge in [-0.25, -0.2) is 0 Å². The van der Waals surface area contributed by atoms with E-state index >= 15 is 0 Å². The number of hydrogen-bond acceptors (Lipinski definition) is 1. The van der Waals surface area contributed by atoms with Crippen molar-refractivity contribution in [3.8, 4) is 0 Å². The zero-order valence-corrected chi connectivity index (χ0v) is 17.1. The van der Waals surface area contributed by atoms with Crippen LogP contribution < -0.4 is 0 Å². The first-order valence-corrected chi connectivity index (χ1v) is 11.3. The molecule has 144 valence electrons. The fraction of sp³-hybridized carbons (Fsp3) is 0.708. The number of hydrogen-bond donors (Lipinski definition) is 0. The largest absolute Gasteiger partial charge is 0.276 e. The molecule has 0 heterocycles. The van der Waals surface area contributed by atoms with Gasteiger partial charge in [0.1, 0.15) is 0 Å². The lowest BCUT2D eigenvalue weighted by Crippen LogP contribution is -2.18. The molecule has 0 N–H and O–H groups in total. The molecule has 2 saturated carbocycles. The molecule has 2 aliphatic carbocycles. The van der Waals surface area contributed by atoms with Crippen LogP contribution in [0.3, 0.4) is 0 Å². The highest BCUT2D eigenvalue weighted by atomic mass is 35.5. The molecule has 0 bridgehead atoms. The van der Waals surface area contributed by atoms with E-state index in [1.807, 2.05) is 18.2 Å². The lowest BCUT2D eigenvalue weighted by molar-refractivity contribution is 0.107. The topological polar surface area (TPSA) is 17.1 Å². The molecule has 0 amide bonds. The maximum absolute atomic E-state index is 11.7. The van der Waals surface area contributed by atoms with Crippen LogP contribution >= 0.6 is 11.6 Å². The molecule has 0 unspecified atom stereocenters. The van der Waals surface area contributed by atoms with Crippen molar-refractivity contribution in [3.05, 3.63) is 35.4 Å². The van der Waals surface area contributed by atoms with E-state index in [1.54, 1.807) is 0 Å². The van der Waals surface area contributed by atoms with Gasteiger partial charge in [-0.1, -0.05) is 76.5 Å². The van der Waals surface area contributed by atoms with Crippen LogP contribution in [0.25, 0.3) is 0 Å². The van der Waals surface area contributed by atoms with E-state index < -0.39 is 0 Å². The van der Waals surface area contributed by atoms with Crippen LogP contribution in [0.2, 0.25) is 0 Å². The maximum Gasteiger partial charge on any atom is 0.252 e. The minimum atomic E-state index is -0.304. The van der Waals surface area contributed by atoms with Gasteiger partial charge in [-0.2, -0.15) is 0 Å². The Morgan fingerprint density at radius 2 is 1.35 bits per heavy atom. The van der Waals surface area contributed by atoms with Gasteiger partial charge in [-0.3, -0.25) is 4.79 Å². The first-order chi connectivity index (χ1) is 12.7. The van der Waals surface area contributed by atoms with E-state index in [4.69, 9.17) is 11.6 Å². The normalized spacial score (nSPS) is 29.5. The Hall–Kier alpha value is -0.820. The van der Waals surface area contributed by atoms with Crippen molar-refractivity contribution in [2.24, 2.45) is 17.8 Å². The van der Waals surface area contributed by atoms with Crippen molar-refractivity contribution in [1.82, 2.24) is 0 Å². The van der Waals surface area contributed by atoms with Crippen LogP contribution in [0, 0.1) is 17.8 Å². The predicted molar refractivity (Wildman–Crippen MR) is 111 cm³/mol. The summed E-state index contributed by atoms with van der Waals surface area (Å²) in [5.41, 5.74) is 1.90. The zero-order valence-electron chi connectivity index (χ0n) is 16.4. The summed E-state index contributed by atoms with van der Waals surface area (Å²) in [7, 11) is 0. The van der Waals surface area contributed by atoms with Crippen LogP contribution in [-0.2, 0) is 0 Å². The van der Waals surface area contributed by atoms with Crippen molar-refractivity contribution in [2.75, 3.05) is 0 Å². The van der Waals surface area contributed by atoms with Crippen LogP contribution in [0.15, 0.2) is 24.3 Å². The molecule has 0 saturated heterocycles. The molecule has 0 spiro atoms. The van der Waals surface area contributed by atoms with Gasteiger partial charge in [0.25, 0.3) is 5.24 Å². The number of halogens is 1. The number of rotatable bonds is 7. The number of carbonyl (C=O) groups excluding carboxylic acids is 1. The molecule has 26 heavy (non-hydrogen) atoms. The Morgan fingerprint density at radius 3 is 1.88 bits per heavy atom. The monoisotopic (exact) mass is 374 g/mol. The fourth-order valence-electron chi connectivity index (χ4n) is 5.48. The smallest absolute Gasteiger partial charge is 0.252 e. The summed E-state index contributed by atoms with van der Waals surface area (Å²) >= 11 is 5.78. The zero-order chi connectivity index (χ0) is 18.4. The Morgan fingerprint density at radius 1 is 0.846 bits per heavy atom. The quantitative estimate of drug-likeness (QED) is 0.446. The van der Waals surface area contributed by atoms with Crippen molar-refractivity contribution < 1.29 is 4.79 Å². The van der Waals surface area contributed by atoms with Crippen molar-refractivity contribution in [1.29, 1.82) is 0 Å². The maximum atomic E-state index is 11.7. The van der Waals surface area contributed by atoms with E-state index in [0.717, 1.165) is 23.3 Å². The summed E-state index contributed by atoms with van der Waals surface area (Å²) in [5.74, 6) is 3.44. The second kappa shape index (κ2) is 9.93. The molecule has 0 atom stereocenters. The first-order valence-electron chi connectivity index (χ1n) is 11.0. The minimum absolute atomic E-state index is 0.304. The molecule has 0 radical (unpaired) electrons. The molecule has 2 fully saturated rings. The van der Waals surface area contributed by atoms with Gasteiger partial charge in [-0.15, -0.1) is 0 Å². The molecule has 1 aromatic rings. The third kappa shape index (κ3) is 5.35. The third-order valence-corrected chi connectivity index (χ3v) is 7.31. The number of carbonyl (C=O) groups is 1. The molecule has 2 heteroatoms. The average molecular weight is 375 g/mol. The van der Waals surface area contributed by atoms with Crippen molar-refractivity contribution in [2.45, 2.75) is 89.9 Å². The van der Waals surface area contributed by atoms with Gasteiger partial charge in [0.05, 0.1) is 0 Å². The van der Waals surface area contributed by atoms with Crippen molar-refractivity contribution in [3.63, 3.8) is 0 Å². The molecule has 1 nitrogen and oxygen atoms in total. The van der Waals surface area contributed by atoms with E-state index in [2.05, 4.69) is 13.0 Å². The summed E-state index contributed by atoms with van der Waals surface area (Å²) in [6.45, 7) is 2.32. The van der Waals surface area contributed by atoms with Gasteiger partial charge >= 0.3 is 0 Å². The van der Waals surface area contributed by atoms with Gasteiger partial charge in [0.15, 0.2) is 0 Å². The standard InChI is InChI=1S/C24H35ClO/c1-2-5-18-8-10-19(11-9-18)12-13-20-14-16-21(17-15-20)22-6-3-4-7-23(22)24(25)26/h3-4,6-7,18-21H,2,5,8-17H2,1H3/t18-,19-,20?,21?. The summed E-state index contributed by atoms with van der Waals surface area (Å²) in [5, 5.41) is -0.304. The molecule has 3 rings (SSSR count). The lowest BCUT2D eigenvalue weighted by atomic mass is 9.73. The van der Waals surface area contributed by atoms with Gasteiger partial charge in [0, 0.05) is 5.56 Å². The highest BCUT2D eigenvalue weighted by Crippen LogP contribution is 2.41. The Labute approximate surface area is 164 Å². The van der Waals surface area contributed by atoms with E-state index in [-0.39, 0.29) is 5.24 Å². The van der Waals surface area contributed by atoms with Gasteiger partial charge in [0.2, 0.25) is 0 Å². The van der Waals surface area contributed by atoms with E-state index in [1.165, 1.54) is 82.6 Å². The average Bonchev–Trinajstić information content (AvgIpc) is 2.68. The molecule has 2 aliphatic rings. The highest BCUT2D eigenvalue weighted by Gasteiger charge is 2.26. The summed E-state index contributed by atoms with van der Waals surface area (Å²) in [6.07, 6.45) is 16.7. The Kier molecular flexibility index (Phi) is 7.61. The number of benzene rings is 1. The van der Waals surface area contributed by atoms with E-state index in [9.17, 15) is 4.79 Å². The van der Waals surface area contributed by atoms with Gasteiger partial charge < -0.3 is 0 Å². The van der Waals surface area contributed by atoms with Crippen LogP contribution in [0.1, 0.15) is 106 Å². The Bertz CT molecular complexity index is 565. The van der Waals surface area contributed by atoms with Gasteiger partial charge in [-0.05, 0) is 72.6 Å².